The largest absolute Gasteiger partial charge is 0.545 e. The minimum absolute atomic E-state index is 0. The van der Waals surface area contributed by atoms with E-state index < -0.39 is 5.97 Å². The number of carboxylic acid groups (broad SMARTS) is 1. The second-order valence-corrected chi connectivity index (χ2v) is 18.5. The predicted octanol–water partition coefficient (Wildman–Crippen LogP) is 6.24. The Morgan fingerprint density at radius 2 is 1.52 bits per heavy atom. The van der Waals surface area contributed by atoms with Gasteiger partial charge in [0, 0.05) is 118 Å². The summed E-state index contributed by atoms with van der Waals surface area (Å²) in [6, 6.07) is 25.8. The van der Waals surface area contributed by atoms with Gasteiger partial charge in [-0.1, -0.05) is 44.5 Å². The number of amides is 2. The van der Waals surface area contributed by atoms with Crippen molar-refractivity contribution in [3.63, 3.8) is 0 Å². The molecular formula is C53H63N7O7. The number of nitrogens with zero attached hydrogens (tertiary/aromatic N) is 5. The first-order valence-corrected chi connectivity index (χ1v) is 22.9. The molecule has 6 N–H and O–H groups in total. The van der Waals surface area contributed by atoms with Gasteiger partial charge < -0.3 is 50.7 Å². The Balaban J connectivity index is 0.00000666. The lowest BCUT2D eigenvalue weighted by Crippen LogP contribution is -2.46. The molecule has 4 aliphatic rings. The number of carboxylic acids is 1. The number of aromatic hydroxyl groups is 2. The molecule has 4 aromatic carbocycles. The van der Waals surface area contributed by atoms with Gasteiger partial charge in [-0.25, -0.2) is 4.58 Å². The molecule has 0 spiro atoms. The summed E-state index contributed by atoms with van der Waals surface area (Å²) in [6.07, 6.45) is 2.77. The molecule has 1 aliphatic carbocycles. The summed E-state index contributed by atoms with van der Waals surface area (Å²) in [5.74, 6) is -1.52. The van der Waals surface area contributed by atoms with E-state index in [1.54, 1.807) is 23.1 Å². The van der Waals surface area contributed by atoms with E-state index in [1.165, 1.54) is 17.7 Å². The summed E-state index contributed by atoms with van der Waals surface area (Å²) in [4.78, 5) is 48.2. The van der Waals surface area contributed by atoms with Crippen LogP contribution in [0.1, 0.15) is 92.4 Å². The van der Waals surface area contributed by atoms with Crippen LogP contribution < -0.4 is 31.4 Å². The number of carbonyl (C=O) groups excluding carboxylic acids is 3. The van der Waals surface area contributed by atoms with Gasteiger partial charge in [0.15, 0.2) is 0 Å². The average molecular weight is 910 g/mol. The predicted molar refractivity (Wildman–Crippen MR) is 261 cm³/mol. The second-order valence-electron chi connectivity index (χ2n) is 18.5. The van der Waals surface area contributed by atoms with Gasteiger partial charge >= 0.3 is 0 Å². The van der Waals surface area contributed by atoms with Crippen molar-refractivity contribution in [3.8, 4) is 33.9 Å². The van der Waals surface area contributed by atoms with E-state index in [4.69, 9.17) is 4.42 Å². The molecule has 0 atom stereocenters. The molecule has 3 heterocycles. The van der Waals surface area contributed by atoms with Crippen LogP contribution in [-0.2, 0) is 19.6 Å². The topological polar surface area (TPSA) is 191 Å². The number of benzene rings is 5. The number of carbonyl (C=O) groups is 3. The fourth-order valence-electron chi connectivity index (χ4n) is 9.24. The van der Waals surface area contributed by atoms with Crippen molar-refractivity contribution < 1.29 is 34.1 Å². The van der Waals surface area contributed by atoms with E-state index in [0.717, 1.165) is 91.7 Å². The molecule has 8 rings (SSSR count). The highest BCUT2D eigenvalue weighted by atomic mass is 16.4. The standard InChI is InChI=1S/C53H60N6O7.H3N/c1-33(2)43-28-45(47(61)29-46(43)60)52(63)59-31-36-11-10-34(24-37(36)32-59)30-58-22-20-57(21-23-58)19-9-7-8-18-54-51(62)35-12-15-40(44(25-35)53(64)65)50-41-16-13-38(55(3)4)26-48(41)66-49-27-39(56(5)6)14-17-42(49)50;/h10-17,24-29,33H,7-9,18-23,30-32H2,1-6H3,(H3-,54,60,61,62,63,64,65);1H3. The van der Waals surface area contributed by atoms with Gasteiger partial charge in [-0.2, -0.15) is 0 Å². The molecule has 14 heteroatoms. The third-order valence-electron chi connectivity index (χ3n) is 13.1. The van der Waals surface area contributed by atoms with Crippen molar-refractivity contribution >= 4 is 34.4 Å². The summed E-state index contributed by atoms with van der Waals surface area (Å²) in [5.41, 5.74) is 7.96. The van der Waals surface area contributed by atoms with Crippen LogP contribution in [0.25, 0.3) is 33.4 Å². The maximum absolute atomic E-state index is 13.5. The molecule has 0 saturated carbocycles. The Morgan fingerprint density at radius 1 is 0.791 bits per heavy atom. The van der Waals surface area contributed by atoms with Gasteiger partial charge in [0.25, 0.3) is 11.8 Å². The Kier molecular flexibility index (Phi) is 14.7. The number of hydrogen-bond acceptors (Lipinski definition) is 11. The Labute approximate surface area is 392 Å². The van der Waals surface area contributed by atoms with Gasteiger partial charge in [-0.05, 0) is 89.5 Å². The maximum atomic E-state index is 13.5. The summed E-state index contributed by atoms with van der Waals surface area (Å²) in [6.45, 7) is 11.0. The third kappa shape index (κ3) is 10.5. The highest BCUT2D eigenvalue weighted by molar-refractivity contribution is 6.09. The lowest BCUT2D eigenvalue weighted by molar-refractivity contribution is -0.254. The van der Waals surface area contributed by atoms with E-state index in [9.17, 15) is 29.7 Å². The second kappa shape index (κ2) is 20.4. The van der Waals surface area contributed by atoms with Gasteiger partial charge in [0.05, 0.1) is 17.6 Å². The molecule has 0 unspecified atom stereocenters. The minimum Gasteiger partial charge on any atom is -0.545 e. The Hall–Kier alpha value is -6.74. The number of piperazine rings is 1. The molecule has 352 valence electrons. The smallest absolute Gasteiger partial charge is 0.258 e. The van der Waals surface area contributed by atoms with Crippen LogP contribution >= 0.6 is 0 Å². The number of unbranched alkanes of at least 4 members (excludes halogenated alkanes) is 2. The molecule has 14 nitrogen and oxygen atoms in total. The van der Waals surface area contributed by atoms with Crippen molar-refractivity contribution in [3.05, 3.63) is 129 Å². The van der Waals surface area contributed by atoms with Gasteiger partial charge in [-0.3, -0.25) is 14.5 Å². The maximum Gasteiger partial charge on any atom is 0.258 e. The minimum atomic E-state index is -1.36. The van der Waals surface area contributed by atoms with E-state index in [-0.39, 0.29) is 52.1 Å². The first-order valence-electron chi connectivity index (χ1n) is 22.9. The average Bonchev–Trinajstić information content (AvgIpc) is 3.72. The van der Waals surface area contributed by atoms with Crippen molar-refractivity contribution in [2.45, 2.75) is 58.7 Å². The van der Waals surface area contributed by atoms with Gasteiger partial charge in [0.1, 0.15) is 36.9 Å². The van der Waals surface area contributed by atoms with E-state index in [1.807, 2.05) is 87.9 Å². The van der Waals surface area contributed by atoms with Crippen molar-refractivity contribution in [1.29, 1.82) is 0 Å². The van der Waals surface area contributed by atoms with Crippen molar-refractivity contribution in [2.75, 3.05) is 72.4 Å². The molecule has 4 aromatic rings. The fourth-order valence-corrected chi connectivity index (χ4v) is 9.24. The van der Waals surface area contributed by atoms with Crippen LogP contribution in [0.4, 0.5) is 5.69 Å². The van der Waals surface area contributed by atoms with Crippen molar-refractivity contribution in [1.82, 2.24) is 30.7 Å². The summed E-state index contributed by atoms with van der Waals surface area (Å²) < 4.78 is 8.40. The highest BCUT2D eigenvalue weighted by Gasteiger charge is 2.28. The Morgan fingerprint density at radius 3 is 2.24 bits per heavy atom. The zero-order valence-electron chi connectivity index (χ0n) is 39.5. The van der Waals surface area contributed by atoms with E-state index >= 15 is 0 Å². The number of hydrogen-bond donors (Lipinski definition) is 4. The summed E-state index contributed by atoms with van der Waals surface area (Å²) in [7, 11) is 7.81. The molecule has 1 fully saturated rings. The molecule has 0 radical (unpaired) electrons. The third-order valence-corrected chi connectivity index (χ3v) is 13.1. The molecule has 2 amide bonds. The van der Waals surface area contributed by atoms with Crippen LogP contribution in [0.3, 0.4) is 0 Å². The lowest BCUT2D eigenvalue weighted by Gasteiger charge is -2.34. The van der Waals surface area contributed by atoms with E-state index in [2.05, 4.69) is 33.3 Å². The number of nitrogens with one attached hydrogen (secondary N) is 1. The zero-order valence-corrected chi connectivity index (χ0v) is 39.5. The number of aromatic carboxylic acids is 1. The van der Waals surface area contributed by atoms with E-state index in [0.29, 0.717) is 47.7 Å². The number of phenols is 2. The fraction of sp³-hybridized carbons (Fsp3) is 0.358. The Bertz CT molecular complexity index is 2860. The monoisotopic (exact) mass is 909 g/mol. The van der Waals surface area contributed by atoms with Crippen LogP contribution in [0.15, 0.2) is 89.3 Å². The highest BCUT2D eigenvalue weighted by Crippen LogP contribution is 2.42. The summed E-state index contributed by atoms with van der Waals surface area (Å²) >= 11 is 0. The molecule has 0 aromatic heterocycles. The summed E-state index contributed by atoms with van der Waals surface area (Å²) in [5, 5.41) is 38.2. The normalized spacial score (nSPS) is 14.0. The quantitative estimate of drug-likeness (QED) is 0.0550. The molecule has 3 aliphatic heterocycles. The number of anilines is 1. The SMILES string of the molecule is CC(C)c1cc(C(=O)N2Cc3ccc(CN4CCN(CCCCCNC(=O)c5ccc(-c6c7ccc(=[N+](C)C)cc-7oc7cc(N(C)C)ccc67)c(C(=O)[O-])c5)CC4)cc3C2)c(O)cc1O.N. The van der Waals surface area contributed by atoms with Gasteiger partial charge in [0.2, 0.25) is 5.36 Å². The van der Waals surface area contributed by atoms with Crippen LogP contribution in [0.5, 0.6) is 11.5 Å². The van der Waals surface area contributed by atoms with Crippen LogP contribution in [0, 0.1) is 0 Å². The number of rotatable bonds is 14. The number of fused-ring (bicyclic) bond motifs is 3. The van der Waals surface area contributed by atoms with Crippen LogP contribution in [-0.4, -0.2) is 110 Å². The van der Waals surface area contributed by atoms with Crippen molar-refractivity contribution in [2.24, 2.45) is 0 Å². The first-order chi connectivity index (χ1) is 31.6. The van der Waals surface area contributed by atoms with Gasteiger partial charge in [-0.15, -0.1) is 0 Å². The number of phenolic OH excluding ortho intramolecular Hbond substituents is 2. The molecular weight excluding hydrogens is 847 g/mol. The molecule has 0 bridgehead atoms. The first kappa shape index (κ1) is 48.2. The molecule has 1 saturated heterocycles. The lowest BCUT2D eigenvalue weighted by atomic mass is 9.89. The molecule has 67 heavy (non-hydrogen) atoms. The zero-order chi connectivity index (χ0) is 46.8. The van der Waals surface area contributed by atoms with Crippen LogP contribution in [0.2, 0.25) is 0 Å².